The summed E-state index contributed by atoms with van der Waals surface area (Å²) in [6.45, 7) is 0. The molecule has 1 aromatic heterocycles. The van der Waals surface area contributed by atoms with Crippen LogP contribution in [0.4, 0.5) is 5.82 Å². The van der Waals surface area contributed by atoms with E-state index in [-0.39, 0.29) is 5.91 Å². The Bertz CT molecular complexity index is 698. The van der Waals surface area contributed by atoms with Gasteiger partial charge in [-0.25, -0.2) is 4.68 Å². The van der Waals surface area contributed by atoms with Crippen LogP contribution >= 0.6 is 0 Å². The lowest BCUT2D eigenvalue weighted by Crippen LogP contribution is -2.17. The van der Waals surface area contributed by atoms with Crippen molar-refractivity contribution in [3.8, 4) is 0 Å². The average Bonchev–Trinajstić information content (AvgIpc) is 3.27. The fourth-order valence-electron chi connectivity index (χ4n) is 3.75. The van der Waals surface area contributed by atoms with E-state index < -0.39 is 0 Å². The smallest absolute Gasteiger partial charge is 0.256 e. The quantitative estimate of drug-likeness (QED) is 0.937. The number of hydrogen-bond donors (Lipinski definition) is 1. The predicted molar refractivity (Wildman–Crippen MR) is 86.2 cm³/mol. The highest BCUT2D eigenvalue weighted by Crippen LogP contribution is 2.31. The van der Waals surface area contributed by atoms with Crippen molar-refractivity contribution in [1.82, 2.24) is 9.78 Å². The Hall–Kier alpha value is -2.10. The molecule has 0 spiro atoms. The summed E-state index contributed by atoms with van der Waals surface area (Å²) >= 11 is 0. The van der Waals surface area contributed by atoms with Gasteiger partial charge in [-0.15, -0.1) is 0 Å². The standard InChI is InChI=1S/C18H21N3O/c22-18(15-9-8-13-4-3-5-14(13)12-15)20-17-10-11-19-21(17)16-6-1-2-7-16/h8-12,16H,1-7H2,(H,20,22). The van der Waals surface area contributed by atoms with Crippen molar-refractivity contribution in [2.75, 3.05) is 5.32 Å². The van der Waals surface area contributed by atoms with Crippen LogP contribution in [0, 0.1) is 0 Å². The summed E-state index contributed by atoms with van der Waals surface area (Å²) < 4.78 is 1.98. The second-order valence-electron chi connectivity index (χ2n) is 6.39. The summed E-state index contributed by atoms with van der Waals surface area (Å²) in [5.74, 6) is 0.784. The summed E-state index contributed by atoms with van der Waals surface area (Å²) in [7, 11) is 0. The third-order valence-corrected chi connectivity index (χ3v) is 4.94. The number of fused-ring (bicyclic) bond motifs is 1. The maximum atomic E-state index is 12.5. The zero-order chi connectivity index (χ0) is 14.9. The Morgan fingerprint density at radius 2 is 1.91 bits per heavy atom. The lowest BCUT2D eigenvalue weighted by Gasteiger charge is -2.15. The maximum absolute atomic E-state index is 12.5. The van der Waals surface area contributed by atoms with Gasteiger partial charge in [0.1, 0.15) is 5.82 Å². The molecule has 1 aromatic carbocycles. The van der Waals surface area contributed by atoms with Crippen LogP contribution in [0.15, 0.2) is 30.5 Å². The Morgan fingerprint density at radius 1 is 1.09 bits per heavy atom. The van der Waals surface area contributed by atoms with Gasteiger partial charge in [0.25, 0.3) is 5.91 Å². The van der Waals surface area contributed by atoms with Crippen LogP contribution in [-0.2, 0) is 12.8 Å². The van der Waals surface area contributed by atoms with E-state index in [2.05, 4.69) is 16.5 Å². The van der Waals surface area contributed by atoms with E-state index in [1.54, 1.807) is 6.20 Å². The highest BCUT2D eigenvalue weighted by molar-refractivity contribution is 6.04. The summed E-state index contributed by atoms with van der Waals surface area (Å²) in [6, 6.07) is 8.42. The van der Waals surface area contributed by atoms with Gasteiger partial charge < -0.3 is 5.32 Å². The number of amides is 1. The molecule has 2 aliphatic rings. The molecule has 4 rings (SSSR count). The molecule has 4 heteroatoms. The Kier molecular flexibility index (Phi) is 3.45. The average molecular weight is 295 g/mol. The van der Waals surface area contributed by atoms with Crippen LogP contribution in [0.5, 0.6) is 0 Å². The van der Waals surface area contributed by atoms with Crippen molar-refractivity contribution in [1.29, 1.82) is 0 Å². The summed E-state index contributed by atoms with van der Waals surface area (Å²) in [5, 5.41) is 7.44. The van der Waals surface area contributed by atoms with Crippen molar-refractivity contribution in [2.24, 2.45) is 0 Å². The minimum absolute atomic E-state index is 0.0329. The van der Waals surface area contributed by atoms with Crippen LogP contribution in [0.25, 0.3) is 0 Å². The Morgan fingerprint density at radius 3 is 2.77 bits per heavy atom. The van der Waals surface area contributed by atoms with Gasteiger partial charge >= 0.3 is 0 Å². The first kappa shape index (κ1) is 13.6. The van der Waals surface area contributed by atoms with Crippen molar-refractivity contribution in [3.63, 3.8) is 0 Å². The molecule has 1 N–H and O–H groups in total. The van der Waals surface area contributed by atoms with E-state index >= 15 is 0 Å². The van der Waals surface area contributed by atoms with Crippen molar-refractivity contribution in [3.05, 3.63) is 47.2 Å². The molecular formula is C18H21N3O. The van der Waals surface area contributed by atoms with Gasteiger partial charge in [0.15, 0.2) is 0 Å². The number of carbonyl (C=O) groups excluding carboxylic acids is 1. The first-order valence-corrected chi connectivity index (χ1v) is 8.28. The number of nitrogens with zero attached hydrogens (tertiary/aromatic N) is 2. The molecule has 0 unspecified atom stereocenters. The number of aryl methyl sites for hydroxylation is 2. The van der Waals surface area contributed by atoms with Crippen LogP contribution in [0.3, 0.4) is 0 Å². The number of nitrogens with one attached hydrogen (secondary N) is 1. The molecule has 1 amide bonds. The van der Waals surface area contributed by atoms with Gasteiger partial charge in [0.05, 0.1) is 12.2 Å². The van der Waals surface area contributed by atoms with Gasteiger partial charge in [0, 0.05) is 11.6 Å². The zero-order valence-corrected chi connectivity index (χ0v) is 12.7. The third-order valence-electron chi connectivity index (χ3n) is 4.94. The van der Waals surface area contributed by atoms with E-state index in [1.165, 1.54) is 30.4 Å². The molecule has 4 nitrogen and oxygen atoms in total. The molecular weight excluding hydrogens is 274 g/mol. The molecule has 114 valence electrons. The molecule has 0 radical (unpaired) electrons. The van der Waals surface area contributed by atoms with E-state index in [4.69, 9.17) is 0 Å². The molecule has 0 aliphatic heterocycles. The van der Waals surface area contributed by atoms with Crippen LogP contribution in [0.1, 0.15) is 59.6 Å². The number of benzene rings is 1. The summed E-state index contributed by atoms with van der Waals surface area (Å²) in [6.07, 6.45) is 10.0. The van der Waals surface area contributed by atoms with Crippen molar-refractivity contribution < 1.29 is 4.79 Å². The topological polar surface area (TPSA) is 46.9 Å². The largest absolute Gasteiger partial charge is 0.307 e. The van der Waals surface area contributed by atoms with E-state index in [0.29, 0.717) is 6.04 Å². The van der Waals surface area contributed by atoms with Crippen LogP contribution in [0.2, 0.25) is 0 Å². The number of aromatic nitrogens is 2. The number of anilines is 1. The highest BCUT2D eigenvalue weighted by Gasteiger charge is 2.21. The molecule has 1 heterocycles. The van der Waals surface area contributed by atoms with Crippen molar-refractivity contribution in [2.45, 2.75) is 51.0 Å². The Labute approximate surface area is 130 Å². The van der Waals surface area contributed by atoms with E-state index in [9.17, 15) is 4.79 Å². The molecule has 1 saturated carbocycles. The molecule has 2 aromatic rings. The van der Waals surface area contributed by atoms with Gasteiger partial charge in [-0.05, 0) is 55.4 Å². The van der Waals surface area contributed by atoms with Crippen LogP contribution < -0.4 is 5.32 Å². The molecule has 22 heavy (non-hydrogen) atoms. The second kappa shape index (κ2) is 5.59. The maximum Gasteiger partial charge on any atom is 0.256 e. The van der Waals surface area contributed by atoms with Crippen LogP contribution in [-0.4, -0.2) is 15.7 Å². The van der Waals surface area contributed by atoms with Gasteiger partial charge in [0.2, 0.25) is 0 Å². The molecule has 1 fully saturated rings. The first-order chi connectivity index (χ1) is 10.8. The lowest BCUT2D eigenvalue weighted by atomic mass is 10.1. The first-order valence-electron chi connectivity index (χ1n) is 8.28. The second-order valence-corrected chi connectivity index (χ2v) is 6.39. The summed E-state index contributed by atoms with van der Waals surface area (Å²) in [4.78, 5) is 12.5. The Balaban J connectivity index is 1.54. The normalized spacial score (nSPS) is 17.6. The molecule has 2 aliphatic carbocycles. The molecule has 0 atom stereocenters. The highest BCUT2D eigenvalue weighted by atomic mass is 16.1. The van der Waals surface area contributed by atoms with Gasteiger partial charge in [-0.3, -0.25) is 4.79 Å². The van der Waals surface area contributed by atoms with Gasteiger partial charge in [-0.2, -0.15) is 5.10 Å². The molecule has 0 saturated heterocycles. The number of hydrogen-bond acceptors (Lipinski definition) is 2. The molecule has 0 bridgehead atoms. The minimum Gasteiger partial charge on any atom is -0.307 e. The fourth-order valence-corrected chi connectivity index (χ4v) is 3.75. The monoisotopic (exact) mass is 295 g/mol. The zero-order valence-electron chi connectivity index (χ0n) is 12.7. The third kappa shape index (κ3) is 2.43. The van der Waals surface area contributed by atoms with E-state index in [0.717, 1.165) is 37.1 Å². The SMILES string of the molecule is O=C(Nc1ccnn1C1CCCC1)c1ccc2c(c1)CCC2. The number of carbonyl (C=O) groups is 1. The van der Waals surface area contributed by atoms with Crippen molar-refractivity contribution >= 4 is 11.7 Å². The van der Waals surface area contributed by atoms with E-state index in [1.807, 2.05) is 22.9 Å². The van der Waals surface area contributed by atoms with Gasteiger partial charge in [-0.1, -0.05) is 18.9 Å². The number of rotatable bonds is 3. The fraction of sp³-hybridized carbons (Fsp3) is 0.444. The lowest BCUT2D eigenvalue weighted by molar-refractivity contribution is 0.102. The predicted octanol–water partition coefficient (Wildman–Crippen LogP) is 3.74. The minimum atomic E-state index is -0.0329. The summed E-state index contributed by atoms with van der Waals surface area (Å²) in [5.41, 5.74) is 3.48.